The summed E-state index contributed by atoms with van der Waals surface area (Å²) < 4.78 is 14.9. The number of para-hydroxylation sites is 4. The van der Waals surface area contributed by atoms with E-state index in [4.69, 9.17) is 0 Å². The Morgan fingerprint density at radius 2 is 0.721 bits per heavy atom. The molecule has 4 nitrogen and oxygen atoms in total. The smallest absolute Gasteiger partial charge is 0.0555 e. The van der Waals surface area contributed by atoms with Crippen molar-refractivity contribution >= 4 is 139 Å². The van der Waals surface area contributed by atoms with Crippen LogP contribution in [0.1, 0.15) is 0 Å². The minimum atomic E-state index is 1.14. The molecular weight excluding hydrogens is 1080 g/mol. The molecule has 6 heteroatoms. The molecule has 0 radical (unpaired) electrons. The first kappa shape index (κ1) is 47.7. The lowest BCUT2D eigenvalue weighted by Crippen LogP contribution is -1.96. The number of hydrogen-bond donors (Lipinski definition) is 0. The van der Waals surface area contributed by atoms with Crippen LogP contribution in [0.4, 0.5) is 0 Å². The van der Waals surface area contributed by atoms with Crippen molar-refractivity contribution in [2.45, 2.75) is 0 Å². The molecule has 0 aliphatic rings. The predicted molar refractivity (Wildman–Crippen MR) is 368 cm³/mol. The van der Waals surface area contributed by atoms with Crippen LogP contribution in [0.15, 0.2) is 291 Å². The summed E-state index contributed by atoms with van der Waals surface area (Å²) in [7, 11) is 0. The van der Waals surface area contributed by atoms with Crippen molar-refractivity contribution in [2.24, 2.45) is 0 Å². The van der Waals surface area contributed by atoms with E-state index >= 15 is 0 Å². The monoisotopic (exact) mass is 1130 g/mol. The van der Waals surface area contributed by atoms with Crippen molar-refractivity contribution in [1.29, 1.82) is 0 Å². The van der Waals surface area contributed by atoms with Gasteiger partial charge in [0.2, 0.25) is 0 Å². The van der Waals surface area contributed by atoms with E-state index in [0.717, 1.165) is 11.4 Å². The quantitative estimate of drug-likeness (QED) is 0.152. The molecule has 19 aromatic rings. The molecule has 400 valence electrons. The highest BCUT2D eigenvalue weighted by Gasteiger charge is 2.23. The van der Waals surface area contributed by atoms with Gasteiger partial charge in [-0.3, -0.25) is 0 Å². The van der Waals surface area contributed by atoms with Crippen molar-refractivity contribution in [2.75, 3.05) is 0 Å². The van der Waals surface area contributed by atoms with E-state index in [1.54, 1.807) is 0 Å². The van der Waals surface area contributed by atoms with Crippen LogP contribution in [-0.2, 0) is 0 Å². The number of benzene rings is 13. The van der Waals surface area contributed by atoms with Crippen LogP contribution in [-0.4, -0.2) is 18.3 Å². The summed E-state index contributed by atoms with van der Waals surface area (Å²) in [5.41, 5.74) is 20.3. The van der Waals surface area contributed by atoms with Gasteiger partial charge in [0.05, 0.1) is 50.0 Å². The van der Waals surface area contributed by atoms with Crippen LogP contribution in [0.2, 0.25) is 0 Å². The molecule has 0 N–H and O–H groups in total. The van der Waals surface area contributed by atoms with Crippen LogP contribution in [0, 0.1) is 0 Å². The van der Waals surface area contributed by atoms with E-state index < -0.39 is 0 Å². The molecule has 19 rings (SSSR count). The maximum Gasteiger partial charge on any atom is 0.0555 e. The Labute approximate surface area is 501 Å². The summed E-state index contributed by atoms with van der Waals surface area (Å²) in [5, 5.41) is 13.8. The Hall–Kier alpha value is -10.8. The maximum atomic E-state index is 2.52. The Balaban J connectivity index is 0.751. The second-order valence-corrected chi connectivity index (χ2v) is 24.9. The molecule has 0 atom stereocenters. The molecule has 0 saturated heterocycles. The highest BCUT2D eigenvalue weighted by Crippen LogP contribution is 2.48. The van der Waals surface area contributed by atoms with Gasteiger partial charge in [0.25, 0.3) is 0 Å². The minimum absolute atomic E-state index is 1.14. The summed E-state index contributed by atoms with van der Waals surface area (Å²) in [6.07, 6.45) is 2.18. The molecule has 0 aliphatic carbocycles. The van der Waals surface area contributed by atoms with Crippen molar-refractivity contribution in [3.63, 3.8) is 0 Å². The molecule has 13 aromatic carbocycles. The zero-order valence-corrected chi connectivity index (χ0v) is 48.0. The maximum absolute atomic E-state index is 2.52. The van der Waals surface area contributed by atoms with E-state index in [1.807, 2.05) is 22.7 Å². The van der Waals surface area contributed by atoms with Gasteiger partial charge in [0.15, 0.2) is 0 Å². The first-order chi connectivity index (χ1) is 42.6. The molecule has 0 saturated carbocycles. The Kier molecular flexibility index (Phi) is 10.2. The average molecular weight is 1130 g/mol. The van der Waals surface area contributed by atoms with E-state index in [0.29, 0.717) is 0 Å². The molecular formula is C80H48N4S2. The lowest BCUT2D eigenvalue weighted by atomic mass is 9.98. The van der Waals surface area contributed by atoms with Crippen LogP contribution < -0.4 is 0 Å². The van der Waals surface area contributed by atoms with Gasteiger partial charge < -0.3 is 18.3 Å². The summed E-state index contributed by atoms with van der Waals surface area (Å²) in [6, 6.07) is 106. The lowest BCUT2D eigenvalue weighted by molar-refractivity contribution is 1.13. The highest BCUT2D eigenvalue weighted by molar-refractivity contribution is 7.26. The zero-order valence-electron chi connectivity index (χ0n) is 46.3. The van der Waals surface area contributed by atoms with Crippen molar-refractivity contribution in [3.05, 3.63) is 291 Å². The number of thiophene rings is 2. The van der Waals surface area contributed by atoms with Gasteiger partial charge in [0, 0.05) is 95.6 Å². The van der Waals surface area contributed by atoms with E-state index in [1.165, 1.54) is 161 Å². The number of fused-ring (bicyclic) bond motifs is 16. The Bertz CT molecular complexity index is 6020. The van der Waals surface area contributed by atoms with Crippen LogP contribution in [0.25, 0.3) is 173 Å². The SMILES string of the molecule is c1ccc(-n2ccc3cc(-c4ccc5c(c4)c4ccc(-c6ccc(-n7c8ccccc8c8cc(-c9ccc%10c(c9)c9ccccc9n%10-c9cccc%10sc%11ccccc%11c9%10)ccc87)c7c6sc6ccccc67)cc4n5-c4ccccc4)ccc32)cc1. The van der Waals surface area contributed by atoms with Gasteiger partial charge in [-0.05, 0) is 161 Å². The first-order valence-corrected chi connectivity index (χ1v) is 31.0. The molecule has 0 spiro atoms. The second kappa shape index (κ2) is 18.4. The van der Waals surface area contributed by atoms with Gasteiger partial charge in [-0.15, -0.1) is 22.7 Å². The molecule has 0 fully saturated rings. The minimum Gasteiger partial charge on any atom is -0.317 e. The van der Waals surface area contributed by atoms with Crippen LogP contribution >= 0.6 is 22.7 Å². The normalized spacial score (nSPS) is 12.2. The van der Waals surface area contributed by atoms with Crippen molar-refractivity contribution in [1.82, 2.24) is 18.3 Å². The first-order valence-electron chi connectivity index (χ1n) is 29.4. The third kappa shape index (κ3) is 6.97. The fraction of sp³-hybridized carbons (Fsp3) is 0. The Morgan fingerprint density at radius 3 is 1.37 bits per heavy atom. The van der Waals surface area contributed by atoms with Crippen molar-refractivity contribution < 1.29 is 0 Å². The van der Waals surface area contributed by atoms with Gasteiger partial charge in [-0.1, -0.05) is 158 Å². The number of rotatable bonds is 7. The highest BCUT2D eigenvalue weighted by atomic mass is 32.1. The standard InChI is InChI=1S/C80H48N4S2/c1-3-16-55(17-4-1)81-43-42-54-44-49(31-37-66(54)81)50-32-38-69-65(45-50)60-35-30-53(48-74(60)82(69)56-18-5-2-6-19-56)57-36-41-73(79-62-23-10-14-28-76(62)86-80(57)79)84-68-25-12-8-21-59(68)64-47-52(34-40-71(64)84)51-33-39-70-63(46-51)58-20-7-11-24-67(58)83(70)72-26-15-29-77-78(72)61-22-9-13-27-75(61)85-77/h1-48H. The Morgan fingerprint density at radius 1 is 0.244 bits per heavy atom. The number of aromatic nitrogens is 4. The summed E-state index contributed by atoms with van der Waals surface area (Å²) in [5.74, 6) is 0. The third-order valence-electron chi connectivity index (χ3n) is 18.2. The van der Waals surface area contributed by atoms with Crippen LogP contribution in [0.5, 0.6) is 0 Å². The second-order valence-electron chi connectivity index (χ2n) is 22.8. The molecule has 6 heterocycles. The average Bonchev–Trinajstić information content (AvgIpc) is 2.47. The molecule has 86 heavy (non-hydrogen) atoms. The number of hydrogen-bond acceptors (Lipinski definition) is 2. The molecule has 0 bridgehead atoms. The van der Waals surface area contributed by atoms with E-state index in [9.17, 15) is 0 Å². The fourth-order valence-corrected chi connectivity index (χ4v) is 16.7. The van der Waals surface area contributed by atoms with Gasteiger partial charge in [-0.2, -0.15) is 0 Å². The summed E-state index contributed by atoms with van der Waals surface area (Å²) in [6.45, 7) is 0. The molecule has 0 amide bonds. The molecule has 0 aliphatic heterocycles. The lowest BCUT2D eigenvalue weighted by Gasteiger charge is -2.14. The van der Waals surface area contributed by atoms with Crippen molar-refractivity contribution in [3.8, 4) is 56.1 Å². The molecule has 6 aromatic heterocycles. The third-order valence-corrected chi connectivity index (χ3v) is 20.5. The summed E-state index contributed by atoms with van der Waals surface area (Å²) in [4.78, 5) is 0. The fourth-order valence-electron chi connectivity index (χ4n) is 14.3. The summed E-state index contributed by atoms with van der Waals surface area (Å²) >= 11 is 3.77. The number of nitrogens with zero attached hydrogens (tertiary/aromatic N) is 4. The predicted octanol–water partition coefficient (Wildman–Crippen LogP) is 22.7. The van der Waals surface area contributed by atoms with Gasteiger partial charge in [-0.25, -0.2) is 0 Å². The molecule has 0 unspecified atom stereocenters. The van der Waals surface area contributed by atoms with Gasteiger partial charge in [0.1, 0.15) is 0 Å². The largest absolute Gasteiger partial charge is 0.317 e. The van der Waals surface area contributed by atoms with E-state index in [2.05, 4.69) is 310 Å². The van der Waals surface area contributed by atoms with Gasteiger partial charge >= 0.3 is 0 Å². The van der Waals surface area contributed by atoms with E-state index in [-0.39, 0.29) is 0 Å². The van der Waals surface area contributed by atoms with Crippen LogP contribution in [0.3, 0.4) is 0 Å². The zero-order chi connectivity index (χ0) is 56.1. The topological polar surface area (TPSA) is 19.7 Å².